The number of oxime groups is 1. The molecular weight excluding hydrogens is 260 g/mol. The van der Waals surface area contributed by atoms with E-state index in [0.717, 1.165) is 6.21 Å². The predicted molar refractivity (Wildman–Crippen MR) is 50.5 cm³/mol. The van der Waals surface area contributed by atoms with Crippen LogP contribution in [0.4, 0.5) is 8.78 Å². The van der Waals surface area contributed by atoms with E-state index in [1.165, 1.54) is 12.1 Å². The van der Waals surface area contributed by atoms with E-state index >= 15 is 0 Å². The Bertz CT molecular complexity index is 344. The van der Waals surface area contributed by atoms with Crippen molar-refractivity contribution in [2.75, 3.05) is 0 Å². The number of rotatable bonds is 3. The molecule has 0 aromatic heterocycles. The van der Waals surface area contributed by atoms with E-state index in [1.807, 2.05) is 0 Å². The number of phenols is 1. The summed E-state index contributed by atoms with van der Waals surface area (Å²) >= 11 is 3.16. The van der Waals surface area contributed by atoms with Gasteiger partial charge in [0.2, 0.25) is 0 Å². The Hall–Kier alpha value is -1.17. The Morgan fingerprint density at radius 3 is 2.86 bits per heavy atom. The molecule has 76 valence electrons. The fourth-order valence-corrected chi connectivity index (χ4v) is 1.14. The molecule has 0 heterocycles. The second-order valence-electron chi connectivity index (χ2n) is 2.30. The fourth-order valence-electron chi connectivity index (χ4n) is 0.762. The average Bonchev–Trinajstić information content (AvgIpc) is 2.10. The van der Waals surface area contributed by atoms with Gasteiger partial charge in [-0.3, -0.25) is 0 Å². The van der Waals surface area contributed by atoms with Crippen molar-refractivity contribution in [3.05, 3.63) is 28.2 Å². The first-order chi connectivity index (χ1) is 6.59. The van der Waals surface area contributed by atoms with Crippen molar-refractivity contribution in [2.45, 2.75) is 6.61 Å². The third-order valence-electron chi connectivity index (χ3n) is 1.32. The second-order valence-corrected chi connectivity index (χ2v) is 3.22. The number of halogens is 3. The van der Waals surface area contributed by atoms with E-state index in [1.54, 1.807) is 6.07 Å². The molecule has 0 unspecified atom stereocenters. The van der Waals surface area contributed by atoms with E-state index in [0.29, 0.717) is 10.0 Å². The van der Waals surface area contributed by atoms with Crippen LogP contribution in [0.25, 0.3) is 0 Å². The number of phenolic OH excluding ortho intramolecular Hbond substituents is 1. The monoisotopic (exact) mass is 265 g/mol. The summed E-state index contributed by atoms with van der Waals surface area (Å²) in [6, 6.07) is 4.54. The smallest absolute Gasteiger partial charge is 0.407 e. The molecule has 1 N–H and O–H groups in total. The molecule has 1 rings (SSSR count). The Morgan fingerprint density at radius 2 is 2.21 bits per heavy atom. The second kappa shape index (κ2) is 4.90. The van der Waals surface area contributed by atoms with E-state index in [9.17, 15) is 13.9 Å². The highest BCUT2D eigenvalue weighted by molar-refractivity contribution is 9.10. The van der Waals surface area contributed by atoms with Crippen molar-refractivity contribution in [3.8, 4) is 5.75 Å². The van der Waals surface area contributed by atoms with E-state index < -0.39 is 6.61 Å². The van der Waals surface area contributed by atoms with Crippen LogP contribution in [0.3, 0.4) is 0 Å². The Kier molecular flexibility index (Phi) is 3.82. The molecule has 0 aliphatic rings. The van der Waals surface area contributed by atoms with Crippen LogP contribution in [0.1, 0.15) is 5.56 Å². The minimum atomic E-state index is -2.96. The standard InChI is InChI=1S/C8H6BrF2NO2/c9-6-1-2-7(13)5(3-6)4-12-14-8(10)11/h1-4,8,13H/b12-4+. The highest BCUT2D eigenvalue weighted by Crippen LogP contribution is 2.20. The Labute approximate surface area is 87.1 Å². The first-order valence-electron chi connectivity index (χ1n) is 3.55. The summed E-state index contributed by atoms with van der Waals surface area (Å²) in [5.41, 5.74) is 0.292. The minimum absolute atomic E-state index is 0.0604. The number of nitrogens with zero attached hydrogens (tertiary/aromatic N) is 1. The zero-order valence-corrected chi connectivity index (χ0v) is 8.41. The van der Waals surface area contributed by atoms with Crippen molar-refractivity contribution >= 4 is 22.1 Å². The SMILES string of the molecule is Oc1ccc(Br)cc1/C=N/OC(F)F. The molecule has 0 spiro atoms. The van der Waals surface area contributed by atoms with Crippen LogP contribution in [0, 0.1) is 0 Å². The quantitative estimate of drug-likeness (QED) is 0.675. The van der Waals surface area contributed by atoms with Gasteiger partial charge in [-0.25, -0.2) is 0 Å². The van der Waals surface area contributed by atoms with Crippen molar-refractivity contribution in [2.24, 2.45) is 5.16 Å². The largest absolute Gasteiger partial charge is 0.507 e. The van der Waals surface area contributed by atoms with Crippen LogP contribution in [0.2, 0.25) is 0 Å². The highest BCUT2D eigenvalue weighted by atomic mass is 79.9. The Balaban J connectivity index is 2.75. The van der Waals surface area contributed by atoms with Gasteiger partial charge < -0.3 is 9.94 Å². The summed E-state index contributed by atoms with van der Waals surface area (Å²) in [6.45, 7) is -2.96. The summed E-state index contributed by atoms with van der Waals surface area (Å²) < 4.78 is 23.7. The van der Waals surface area contributed by atoms with Gasteiger partial charge in [0.1, 0.15) is 5.75 Å². The third-order valence-corrected chi connectivity index (χ3v) is 1.82. The van der Waals surface area contributed by atoms with Crippen LogP contribution in [-0.2, 0) is 4.84 Å². The molecule has 14 heavy (non-hydrogen) atoms. The number of hydrogen-bond acceptors (Lipinski definition) is 3. The highest BCUT2D eigenvalue weighted by Gasteiger charge is 2.01. The fraction of sp³-hybridized carbons (Fsp3) is 0.125. The number of hydrogen-bond donors (Lipinski definition) is 1. The molecule has 0 bridgehead atoms. The molecule has 0 amide bonds. The molecule has 0 fully saturated rings. The molecule has 0 aliphatic carbocycles. The van der Waals surface area contributed by atoms with Crippen LogP contribution in [0.5, 0.6) is 5.75 Å². The zero-order valence-electron chi connectivity index (χ0n) is 6.82. The number of alkyl halides is 2. The molecule has 0 aliphatic heterocycles. The molecule has 6 heteroatoms. The molecule has 1 aromatic rings. The van der Waals surface area contributed by atoms with Crippen molar-refractivity contribution in [1.29, 1.82) is 0 Å². The van der Waals surface area contributed by atoms with Gasteiger partial charge in [0.05, 0.1) is 6.21 Å². The molecule has 3 nitrogen and oxygen atoms in total. The molecule has 0 saturated heterocycles. The lowest BCUT2D eigenvalue weighted by atomic mass is 10.2. The van der Waals surface area contributed by atoms with Crippen LogP contribution in [0.15, 0.2) is 27.8 Å². The van der Waals surface area contributed by atoms with Crippen molar-refractivity contribution < 1.29 is 18.7 Å². The van der Waals surface area contributed by atoms with Gasteiger partial charge >= 0.3 is 6.61 Å². The molecule has 0 radical (unpaired) electrons. The van der Waals surface area contributed by atoms with Gasteiger partial charge in [-0.15, -0.1) is 0 Å². The van der Waals surface area contributed by atoms with Gasteiger partial charge in [0.25, 0.3) is 0 Å². The minimum Gasteiger partial charge on any atom is -0.507 e. The van der Waals surface area contributed by atoms with Gasteiger partial charge in [-0.1, -0.05) is 21.1 Å². The molecule has 0 saturated carbocycles. The Morgan fingerprint density at radius 1 is 1.50 bits per heavy atom. The van der Waals surface area contributed by atoms with Crippen LogP contribution in [-0.4, -0.2) is 17.9 Å². The maximum absolute atomic E-state index is 11.5. The van der Waals surface area contributed by atoms with Crippen molar-refractivity contribution in [3.63, 3.8) is 0 Å². The van der Waals surface area contributed by atoms with Crippen molar-refractivity contribution in [1.82, 2.24) is 0 Å². The first kappa shape index (κ1) is 10.9. The zero-order chi connectivity index (χ0) is 10.6. The van der Waals surface area contributed by atoms with E-state index in [2.05, 4.69) is 25.9 Å². The predicted octanol–water partition coefficient (Wildman–Crippen LogP) is 2.73. The average molecular weight is 266 g/mol. The molecule has 1 aromatic carbocycles. The molecule has 0 atom stereocenters. The maximum Gasteiger partial charge on any atom is 0.407 e. The third kappa shape index (κ3) is 3.29. The summed E-state index contributed by atoms with van der Waals surface area (Å²) in [4.78, 5) is 3.65. The lowest BCUT2D eigenvalue weighted by Gasteiger charge is -1.99. The summed E-state index contributed by atoms with van der Waals surface area (Å²) in [6.07, 6.45) is 1.01. The maximum atomic E-state index is 11.5. The summed E-state index contributed by atoms with van der Waals surface area (Å²) in [7, 11) is 0. The normalized spacial score (nSPS) is 11.1. The lowest BCUT2D eigenvalue weighted by molar-refractivity contribution is -0.127. The summed E-state index contributed by atoms with van der Waals surface area (Å²) in [5.74, 6) is -0.0604. The van der Waals surface area contributed by atoms with Gasteiger partial charge in [-0.05, 0) is 18.2 Å². The van der Waals surface area contributed by atoms with Crippen LogP contribution >= 0.6 is 15.9 Å². The van der Waals surface area contributed by atoms with Gasteiger partial charge in [0, 0.05) is 10.0 Å². The topological polar surface area (TPSA) is 41.8 Å². The van der Waals surface area contributed by atoms with Gasteiger partial charge in [0.15, 0.2) is 0 Å². The number of aromatic hydroxyl groups is 1. The lowest BCUT2D eigenvalue weighted by Crippen LogP contribution is -1.92. The van der Waals surface area contributed by atoms with E-state index in [4.69, 9.17) is 0 Å². The number of benzene rings is 1. The summed E-state index contributed by atoms with van der Waals surface area (Å²) in [5, 5.41) is 12.2. The van der Waals surface area contributed by atoms with E-state index in [-0.39, 0.29) is 5.75 Å². The van der Waals surface area contributed by atoms with Crippen LogP contribution < -0.4 is 0 Å². The first-order valence-corrected chi connectivity index (χ1v) is 4.35. The molecular formula is C8H6BrF2NO2. The van der Waals surface area contributed by atoms with Gasteiger partial charge in [-0.2, -0.15) is 8.78 Å².